The third kappa shape index (κ3) is 9.41. The maximum Gasteiger partial charge on any atom is 0.412 e. The molecule has 0 saturated heterocycles. The minimum atomic E-state index is -4.47. The van der Waals surface area contributed by atoms with E-state index in [0.717, 1.165) is 29.1 Å². The number of carbonyl (C=O) groups excluding carboxylic acids is 1. The highest BCUT2D eigenvalue weighted by atomic mass is 79.9. The predicted molar refractivity (Wildman–Crippen MR) is 136 cm³/mol. The molecule has 4 nitrogen and oxygen atoms in total. The third-order valence-corrected chi connectivity index (χ3v) is 6.47. The minimum absolute atomic E-state index is 0.0427. The fraction of sp³-hybridized carbons (Fsp3) is 0.458. The molecular formula is C24H31BrF3N3OS. The molecule has 1 fully saturated rings. The van der Waals surface area contributed by atoms with Gasteiger partial charge in [0.25, 0.3) is 5.91 Å². The number of halogens is 4. The molecule has 0 radical (unpaired) electrons. The maximum absolute atomic E-state index is 13.3. The molecule has 2 N–H and O–H groups in total. The lowest BCUT2D eigenvalue weighted by Crippen LogP contribution is -2.35. The molecule has 1 aromatic heterocycles. The van der Waals surface area contributed by atoms with Crippen LogP contribution in [0.1, 0.15) is 62.5 Å². The fourth-order valence-electron chi connectivity index (χ4n) is 2.99. The van der Waals surface area contributed by atoms with Crippen LogP contribution in [0.15, 0.2) is 56.9 Å². The van der Waals surface area contributed by atoms with Gasteiger partial charge >= 0.3 is 6.18 Å². The second-order valence-electron chi connectivity index (χ2n) is 7.14. The van der Waals surface area contributed by atoms with Crippen LogP contribution in [0.4, 0.5) is 13.2 Å². The quantitative estimate of drug-likeness (QED) is 0.185. The zero-order valence-corrected chi connectivity index (χ0v) is 21.6. The van der Waals surface area contributed by atoms with Gasteiger partial charge in [0.15, 0.2) is 5.84 Å². The molecule has 9 heteroatoms. The van der Waals surface area contributed by atoms with Crippen molar-refractivity contribution in [2.75, 3.05) is 6.54 Å². The number of aliphatic imine (C=N–C) groups is 1. The van der Waals surface area contributed by atoms with E-state index in [-0.39, 0.29) is 36.2 Å². The van der Waals surface area contributed by atoms with E-state index < -0.39 is 11.7 Å². The first kappa shape index (κ1) is 29.0. The normalized spacial score (nSPS) is 15.3. The molecule has 1 heterocycles. The van der Waals surface area contributed by atoms with Crippen LogP contribution in [-0.2, 0) is 0 Å². The molecule has 0 bridgehead atoms. The topological polar surface area (TPSA) is 65.3 Å². The van der Waals surface area contributed by atoms with Crippen molar-refractivity contribution in [2.45, 2.75) is 59.1 Å². The Morgan fingerprint density at radius 2 is 2.03 bits per heavy atom. The second kappa shape index (κ2) is 14.3. The van der Waals surface area contributed by atoms with Crippen molar-refractivity contribution in [1.29, 1.82) is 5.41 Å². The number of nitrogens with one attached hydrogen (secondary N) is 2. The number of hydrogen-bond acceptors (Lipinski definition) is 3. The number of carbonyl (C=O) groups is 1. The summed E-state index contributed by atoms with van der Waals surface area (Å²) in [5, 5.41) is 11.1. The van der Waals surface area contributed by atoms with Gasteiger partial charge < -0.3 is 5.32 Å². The molecule has 0 spiro atoms. The molecule has 0 aromatic carbocycles. The first-order chi connectivity index (χ1) is 15.7. The Hall–Kier alpha value is -2.00. The van der Waals surface area contributed by atoms with Gasteiger partial charge in [0, 0.05) is 16.9 Å². The van der Waals surface area contributed by atoms with Gasteiger partial charge in [0.05, 0.1) is 15.2 Å². The molecule has 1 amide bonds. The van der Waals surface area contributed by atoms with Gasteiger partial charge in [-0.3, -0.25) is 10.2 Å². The van der Waals surface area contributed by atoms with Crippen LogP contribution in [0.5, 0.6) is 0 Å². The summed E-state index contributed by atoms with van der Waals surface area (Å²) in [6, 6.07) is 3.48. The summed E-state index contributed by atoms with van der Waals surface area (Å²) < 4.78 is 40.8. The molecular weight excluding hydrogens is 515 g/mol. The summed E-state index contributed by atoms with van der Waals surface area (Å²) in [6.45, 7) is 9.36. The average Bonchev–Trinajstić information content (AvgIpc) is 3.16. The van der Waals surface area contributed by atoms with Gasteiger partial charge in [0.2, 0.25) is 0 Å². The average molecular weight is 546 g/mol. The number of allylic oxidation sites excluding steroid dienone is 3. The highest BCUT2D eigenvalue weighted by Gasteiger charge is 2.33. The minimum Gasteiger partial charge on any atom is -0.346 e. The molecule has 2 rings (SSSR count). The van der Waals surface area contributed by atoms with E-state index in [1.807, 2.05) is 13.8 Å². The van der Waals surface area contributed by atoms with E-state index in [0.29, 0.717) is 17.0 Å². The lowest BCUT2D eigenvalue weighted by Gasteiger charge is -2.27. The molecule has 0 aliphatic heterocycles. The molecule has 182 valence electrons. The van der Waals surface area contributed by atoms with Crippen molar-refractivity contribution in [3.05, 3.63) is 56.7 Å². The van der Waals surface area contributed by atoms with Gasteiger partial charge in [-0.1, -0.05) is 52.3 Å². The monoisotopic (exact) mass is 545 g/mol. The third-order valence-electron chi connectivity index (χ3n) is 4.84. The van der Waals surface area contributed by atoms with Crippen molar-refractivity contribution < 1.29 is 18.0 Å². The zero-order valence-electron chi connectivity index (χ0n) is 19.2. The fourth-order valence-corrected chi connectivity index (χ4v) is 4.30. The Morgan fingerprint density at radius 1 is 1.36 bits per heavy atom. The summed E-state index contributed by atoms with van der Waals surface area (Å²) >= 11 is 4.62. The molecule has 0 unspecified atom stereocenters. The molecule has 1 aromatic rings. The number of amides is 1. The van der Waals surface area contributed by atoms with Crippen molar-refractivity contribution in [3.63, 3.8) is 0 Å². The van der Waals surface area contributed by atoms with Crippen LogP contribution >= 0.6 is 27.3 Å². The molecule has 33 heavy (non-hydrogen) atoms. The van der Waals surface area contributed by atoms with Gasteiger partial charge in [-0.05, 0) is 59.3 Å². The van der Waals surface area contributed by atoms with Crippen molar-refractivity contribution in [3.8, 4) is 0 Å². The standard InChI is InChI=1S/C22H25BrF3N3OS.C2H6/c1-3-6-15(12-16(7-4-2)22(24,25)26)20(27)29-17(14-8-5-9-14)13-28-21(30)18-10-11-19(23)31-18;1-2/h3,6,10-12,14,27H,1,4-5,7-9,13H2,2H3,(H,28,30);1-2H3/b15-6+,16-12+,27-20?,29-17?;. The molecule has 1 aliphatic carbocycles. The van der Waals surface area contributed by atoms with Crippen molar-refractivity contribution in [1.82, 2.24) is 5.32 Å². The van der Waals surface area contributed by atoms with E-state index in [1.54, 1.807) is 19.1 Å². The van der Waals surface area contributed by atoms with Crippen LogP contribution in [0.25, 0.3) is 0 Å². The number of rotatable bonds is 9. The molecule has 0 atom stereocenters. The number of nitrogens with zero attached hydrogens (tertiary/aromatic N) is 1. The number of alkyl halides is 3. The molecule has 1 saturated carbocycles. The summed E-state index contributed by atoms with van der Waals surface area (Å²) in [5.41, 5.74) is -0.0569. The van der Waals surface area contributed by atoms with Crippen LogP contribution in [0.3, 0.4) is 0 Å². The van der Waals surface area contributed by atoms with E-state index in [2.05, 4.69) is 32.8 Å². The van der Waals surface area contributed by atoms with Gasteiger partial charge in [-0.2, -0.15) is 13.2 Å². The summed E-state index contributed by atoms with van der Waals surface area (Å²) in [6.07, 6.45) is 2.17. The van der Waals surface area contributed by atoms with Crippen LogP contribution < -0.4 is 5.32 Å². The number of thiophene rings is 1. The second-order valence-corrected chi connectivity index (χ2v) is 9.60. The van der Waals surface area contributed by atoms with Gasteiger partial charge in [0.1, 0.15) is 0 Å². The smallest absolute Gasteiger partial charge is 0.346 e. The predicted octanol–water partition coefficient (Wildman–Crippen LogP) is 7.89. The Balaban J connectivity index is 0.00000265. The maximum atomic E-state index is 13.3. The van der Waals surface area contributed by atoms with E-state index >= 15 is 0 Å². The van der Waals surface area contributed by atoms with Crippen molar-refractivity contribution in [2.24, 2.45) is 10.9 Å². The Morgan fingerprint density at radius 3 is 2.48 bits per heavy atom. The SMILES string of the molecule is C=C/C=C(\C=C(/CCC)C(F)(F)F)C(=N)N=C(CNC(=O)c1ccc(Br)s1)C1CCC1.CC. The summed E-state index contributed by atoms with van der Waals surface area (Å²) in [7, 11) is 0. The summed E-state index contributed by atoms with van der Waals surface area (Å²) in [5.74, 6) is -0.409. The van der Waals surface area contributed by atoms with Gasteiger partial charge in [-0.15, -0.1) is 11.3 Å². The van der Waals surface area contributed by atoms with Crippen LogP contribution in [0, 0.1) is 11.3 Å². The summed E-state index contributed by atoms with van der Waals surface area (Å²) in [4.78, 5) is 17.2. The lowest BCUT2D eigenvalue weighted by atomic mass is 9.81. The Bertz CT molecular complexity index is 912. The first-order valence-corrected chi connectivity index (χ1v) is 12.6. The van der Waals surface area contributed by atoms with Crippen molar-refractivity contribution >= 4 is 44.7 Å². The zero-order chi connectivity index (χ0) is 25.0. The van der Waals surface area contributed by atoms with Crippen LogP contribution in [0.2, 0.25) is 0 Å². The largest absolute Gasteiger partial charge is 0.412 e. The van der Waals surface area contributed by atoms with E-state index in [4.69, 9.17) is 5.41 Å². The van der Waals surface area contributed by atoms with Crippen LogP contribution in [-0.4, -0.2) is 30.2 Å². The first-order valence-electron chi connectivity index (χ1n) is 11.0. The molecule has 1 aliphatic rings. The van der Waals surface area contributed by atoms with Gasteiger partial charge in [-0.25, -0.2) is 4.99 Å². The van der Waals surface area contributed by atoms with E-state index in [1.165, 1.54) is 23.5 Å². The lowest BCUT2D eigenvalue weighted by molar-refractivity contribution is -0.0940. The Labute approximate surface area is 206 Å². The number of hydrogen-bond donors (Lipinski definition) is 2. The van der Waals surface area contributed by atoms with E-state index in [9.17, 15) is 18.0 Å². The highest BCUT2D eigenvalue weighted by Crippen LogP contribution is 2.31. The Kier molecular flexibility index (Phi) is 12.6. The highest BCUT2D eigenvalue weighted by molar-refractivity contribution is 9.11. The number of amidine groups is 1.